The zero-order valence-corrected chi connectivity index (χ0v) is 19.0. The maximum atomic E-state index is 13.2. The largest absolute Gasteiger partial charge is 0.496 e. The Kier molecular flexibility index (Phi) is 6.78. The Balaban J connectivity index is 1.58. The lowest BCUT2D eigenvalue weighted by atomic mass is 9.73. The van der Waals surface area contributed by atoms with Crippen molar-refractivity contribution in [1.82, 2.24) is 4.90 Å². The van der Waals surface area contributed by atoms with Crippen LogP contribution in [0.4, 0.5) is 0 Å². The van der Waals surface area contributed by atoms with Crippen LogP contribution in [0.5, 0.6) is 5.75 Å². The molecule has 0 aliphatic carbocycles. The highest BCUT2D eigenvalue weighted by molar-refractivity contribution is 5.85. The first-order valence-electron chi connectivity index (χ1n) is 11.4. The molecule has 0 spiro atoms. The molecule has 0 saturated carbocycles. The molecule has 0 bridgehead atoms. The lowest BCUT2D eigenvalue weighted by Crippen LogP contribution is -2.53. The number of nitrogens with zero attached hydrogens (tertiary/aromatic N) is 1. The van der Waals surface area contributed by atoms with Gasteiger partial charge >= 0.3 is 0 Å². The summed E-state index contributed by atoms with van der Waals surface area (Å²) in [5.74, 6) is 0.335. The lowest BCUT2D eigenvalue weighted by Gasteiger charge is -2.41. The number of rotatable bonds is 7. The summed E-state index contributed by atoms with van der Waals surface area (Å²) in [6.07, 6.45) is 2.16. The second-order valence-electron chi connectivity index (χ2n) is 8.75. The van der Waals surface area contributed by atoms with Gasteiger partial charge in [0.2, 0.25) is 11.8 Å². The standard InChI is InChI=1S/C28H30N2O3/c1-33-25-15-8-6-12-22(25)18-26(31)30-17-9-16-28(20-30,27(29)32)19-23-13-5-7-14-24(23)21-10-3-2-4-11-21/h2-8,10-15H,9,16-20H2,1H3,(H2,29,32). The minimum atomic E-state index is -0.792. The van der Waals surface area contributed by atoms with E-state index in [1.165, 1.54) is 0 Å². The van der Waals surface area contributed by atoms with Crippen LogP contribution in [0.25, 0.3) is 11.1 Å². The van der Waals surface area contributed by atoms with Gasteiger partial charge in [-0.1, -0.05) is 72.8 Å². The summed E-state index contributed by atoms with van der Waals surface area (Å²) >= 11 is 0. The number of nitrogens with two attached hydrogens (primary N) is 1. The van der Waals surface area contributed by atoms with E-state index in [2.05, 4.69) is 24.3 Å². The van der Waals surface area contributed by atoms with E-state index in [-0.39, 0.29) is 18.2 Å². The van der Waals surface area contributed by atoms with Crippen LogP contribution in [0.15, 0.2) is 78.9 Å². The summed E-state index contributed by atoms with van der Waals surface area (Å²) in [7, 11) is 1.60. The van der Waals surface area contributed by atoms with Crippen molar-refractivity contribution in [2.24, 2.45) is 11.1 Å². The molecule has 4 rings (SSSR count). The smallest absolute Gasteiger partial charge is 0.227 e. The fourth-order valence-corrected chi connectivity index (χ4v) is 4.84. The van der Waals surface area contributed by atoms with Crippen LogP contribution in [0, 0.1) is 5.41 Å². The first kappa shape index (κ1) is 22.6. The van der Waals surface area contributed by atoms with E-state index in [0.717, 1.165) is 28.7 Å². The number of piperidine rings is 1. The third-order valence-electron chi connectivity index (χ3n) is 6.62. The third kappa shape index (κ3) is 4.92. The van der Waals surface area contributed by atoms with E-state index < -0.39 is 5.41 Å². The third-order valence-corrected chi connectivity index (χ3v) is 6.62. The molecule has 1 heterocycles. The SMILES string of the molecule is COc1ccccc1CC(=O)N1CCCC(Cc2ccccc2-c2ccccc2)(C(N)=O)C1. The first-order chi connectivity index (χ1) is 16.0. The fourth-order valence-electron chi connectivity index (χ4n) is 4.84. The Labute approximate surface area is 195 Å². The molecular formula is C28H30N2O3. The Morgan fingerprint density at radius 3 is 2.33 bits per heavy atom. The van der Waals surface area contributed by atoms with Crippen LogP contribution in [0.2, 0.25) is 0 Å². The number of likely N-dealkylation sites (tertiary alicyclic amines) is 1. The molecule has 1 saturated heterocycles. The van der Waals surface area contributed by atoms with Crippen LogP contribution in [-0.4, -0.2) is 36.9 Å². The van der Waals surface area contributed by atoms with Gasteiger partial charge in [0.25, 0.3) is 0 Å². The summed E-state index contributed by atoms with van der Waals surface area (Å²) in [6, 6.07) is 25.8. The van der Waals surface area contributed by atoms with Crippen LogP contribution in [0.1, 0.15) is 24.0 Å². The summed E-state index contributed by atoms with van der Waals surface area (Å²) < 4.78 is 5.40. The predicted octanol–water partition coefficient (Wildman–Crippen LogP) is 4.24. The van der Waals surface area contributed by atoms with E-state index in [1.54, 1.807) is 12.0 Å². The predicted molar refractivity (Wildman–Crippen MR) is 130 cm³/mol. The quantitative estimate of drug-likeness (QED) is 0.595. The van der Waals surface area contributed by atoms with Gasteiger partial charge in [0.15, 0.2) is 0 Å². The highest BCUT2D eigenvalue weighted by atomic mass is 16.5. The van der Waals surface area contributed by atoms with Crippen molar-refractivity contribution in [3.05, 3.63) is 90.0 Å². The average Bonchev–Trinajstić information content (AvgIpc) is 2.85. The first-order valence-corrected chi connectivity index (χ1v) is 11.4. The molecule has 1 aliphatic heterocycles. The second-order valence-corrected chi connectivity index (χ2v) is 8.75. The molecule has 3 aromatic rings. The van der Waals surface area contributed by atoms with E-state index in [1.807, 2.05) is 54.6 Å². The van der Waals surface area contributed by atoms with Gasteiger partial charge in [0.1, 0.15) is 5.75 Å². The van der Waals surface area contributed by atoms with Gasteiger partial charge in [-0.25, -0.2) is 0 Å². The zero-order valence-electron chi connectivity index (χ0n) is 19.0. The Bertz CT molecular complexity index is 1130. The molecule has 5 heteroatoms. The van der Waals surface area contributed by atoms with Gasteiger partial charge in [-0.3, -0.25) is 9.59 Å². The number of para-hydroxylation sites is 1. The molecule has 3 aromatic carbocycles. The lowest BCUT2D eigenvalue weighted by molar-refractivity contribution is -0.139. The van der Waals surface area contributed by atoms with E-state index in [4.69, 9.17) is 10.5 Å². The maximum absolute atomic E-state index is 13.2. The number of hydrogen-bond donors (Lipinski definition) is 1. The van der Waals surface area contributed by atoms with Crippen molar-refractivity contribution in [2.45, 2.75) is 25.7 Å². The number of carbonyl (C=O) groups is 2. The van der Waals surface area contributed by atoms with E-state index in [9.17, 15) is 9.59 Å². The fraction of sp³-hybridized carbons (Fsp3) is 0.286. The molecule has 0 radical (unpaired) electrons. The van der Waals surface area contributed by atoms with Crippen LogP contribution < -0.4 is 10.5 Å². The summed E-state index contributed by atoms with van der Waals surface area (Å²) in [5, 5.41) is 0. The van der Waals surface area contributed by atoms with Crippen molar-refractivity contribution in [3.63, 3.8) is 0 Å². The Morgan fingerprint density at radius 1 is 0.939 bits per heavy atom. The number of amides is 2. The molecule has 1 atom stereocenters. The van der Waals surface area contributed by atoms with Crippen LogP contribution in [0.3, 0.4) is 0 Å². The molecule has 2 N–H and O–H groups in total. The van der Waals surface area contributed by atoms with Gasteiger partial charge in [0.05, 0.1) is 18.9 Å². The summed E-state index contributed by atoms with van der Waals surface area (Å²) in [5.41, 5.74) is 9.32. The van der Waals surface area contributed by atoms with Gasteiger partial charge < -0.3 is 15.4 Å². The van der Waals surface area contributed by atoms with Gasteiger partial charge in [-0.2, -0.15) is 0 Å². The van der Waals surface area contributed by atoms with Crippen LogP contribution in [-0.2, 0) is 22.4 Å². The Morgan fingerprint density at radius 2 is 1.61 bits per heavy atom. The minimum absolute atomic E-state index is 0.0128. The van der Waals surface area contributed by atoms with Gasteiger partial charge in [0, 0.05) is 18.7 Å². The van der Waals surface area contributed by atoms with E-state index in [0.29, 0.717) is 31.7 Å². The Hall–Kier alpha value is -3.60. The highest BCUT2D eigenvalue weighted by Gasteiger charge is 2.42. The highest BCUT2D eigenvalue weighted by Crippen LogP contribution is 2.37. The number of primary amides is 1. The number of hydrogen-bond acceptors (Lipinski definition) is 3. The average molecular weight is 443 g/mol. The molecular weight excluding hydrogens is 412 g/mol. The van der Waals surface area contributed by atoms with Gasteiger partial charge in [-0.05, 0) is 42.0 Å². The number of ether oxygens (including phenoxy) is 1. The minimum Gasteiger partial charge on any atom is -0.496 e. The van der Waals surface area contributed by atoms with Crippen molar-refractivity contribution < 1.29 is 14.3 Å². The van der Waals surface area contributed by atoms with Gasteiger partial charge in [-0.15, -0.1) is 0 Å². The molecule has 5 nitrogen and oxygen atoms in total. The number of benzene rings is 3. The molecule has 2 amide bonds. The van der Waals surface area contributed by atoms with Crippen molar-refractivity contribution in [2.75, 3.05) is 20.2 Å². The molecule has 1 unspecified atom stereocenters. The number of carbonyl (C=O) groups excluding carboxylic acids is 2. The summed E-state index contributed by atoms with van der Waals surface area (Å²) in [4.78, 5) is 27.8. The van der Waals surface area contributed by atoms with Crippen molar-refractivity contribution in [3.8, 4) is 16.9 Å². The molecule has 0 aromatic heterocycles. The summed E-state index contributed by atoms with van der Waals surface area (Å²) in [6.45, 7) is 0.961. The topological polar surface area (TPSA) is 72.6 Å². The molecule has 1 fully saturated rings. The monoisotopic (exact) mass is 442 g/mol. The van der Waals surface area contributed by atoms with Crippen molar-refractivity contribution >= 4 is 11.8 Å². The second kappa shape index (κ2) is 9.90. The van der Waals surface area contributed by atoms with Crippen LogP contribution >= 0.6 is 0 Å². The van der Waals surface area contributed by atoms with E-state index >= 15 is 0 Å². The number of methoxy groups -OCH3 is 1. The maximum Gasteiger partial charge on any atom is 0.227 e. The zero-order chi connectivity index (χ0) is 23.3. The molecule has 1 aliphatic rings. The molecule has 33 heavy (non-hydrogen) atoms. The molecule has 170 valence electrons. The normalized spacial score (nSPS) is 18.0. The van der Waals surface area contributed by atoms with Crippen molar-refractivity contribution in [1.29, 1.82) is 0 Å².